The molecule has 20 heavy (non-hydrogen) atoms. The number of hydrogen-bond donors (Lipinski definition) is 1. The first-order chi connectivity index (χ1) is 9.31. The second-order valence-electron chi connectivity index (χ2n) is 5.77. The van der Waals surface area contributed by atoms with Gasteiger partial charge in [-0.05, 0) is 24.7 Å². The molecule has 0 aromatic heterocycles. The van der Waals surface area contributed by atoms with E-state index in [1.54, 1.807) is 0 Å². The minimum absolute atomic E-state index is 0.294. The molecule has 1 fully saturated rings. The Morgan fingerprint density at radius 3 is 2.25 bits per heavy atom. The van der Waals surface area contributed by atoms with E-state index in [-0.39, 0.29) is 6.54 Å². The van der Waals surface area contributed by atoms with Gasteiger partial charge in [0.15, 0.2) is 0 Å². The normalized spacial score (nSPS) is 23.4. The molecular weight excluding hydrogens is 269 g/mol. The summed E-state index contributed by atoms with van der Waals surface area (Å²) in [6.45, 7) is 2.48. The summed E-state index contributed by atoms with van der Waals surface area (Å²) in [7, 11) is 1.40. The third kappa shape index (κ3) is 6.48. The van der Waals surface area contributed by atoms with Gasteiger partial charge in [0, 0.05) is 20.1 Å². The minimum atomic E-state index is -4.22. The third-order valence-electron chi connectivity index (χ3n) is 4.16. The maximum Gasteiger partial charge on any atom is 0.390 e. The molecule has 118 valence electrons. The molecule has 0 aromatic carbocycles. The van der Waals surface area contributed by atoms with Gasteiger partial charge >= 0.3 is 12.2 Å². The molecule has 3 nitrogen and oxygen atoms in total. The van der Waals surface area contributed by atoms with Gasteiger partial charge in [0.05, 0.1) is 6.42 Å². The fourth-order valence-electron chi connectivity index (χ4n) is 2.61. The molecule has 0 saturated heterocycles. The molecule has 0 bridgehead atoms. The highest BCUT2D eigenvalue weighted by Gasteiger charge is 2.28. The molecule has 1 rings (SSSR count). The van der Waals surface area contributed by atoms with E-state index in [2.05, 4.69) is 12.2 Å². The Morgan fingerprint density at radius 1 is 1.20 bits per heavy atom. The van der Waals surface area contributed by atoms with Gasteiger partial charge in [-0.25, -0.2) is 4.79 Å². The number of carbonyl (C=O) groups excluding carboxylic acids is 1. The van der Waals surface area contributed by atoms with Crippen molar-refractivity contribution in [3.05, 3.63) is 0 Å². The molecule has 0 unspecified atom stereocenters. The van der Waals surface area contributed by atoms with Crippen molar-refractivity contribution in [2.75, 3.05) is 20.1 Å². The molecule has 0 heterocycles. The Kier molecular flexibility index (Phi) is 6.62. The second-order valence-corrected chi connectivity index (χ2v) is 5.77. The Bertz CT molecular complexity index is 299. The molecule has 1 aliphatic rings. The van der Waals surface area contributed by atoms with Crippen LogP contribution in [0.1, 0.15) is 45.4 Å². The molecule has 1 saturated carbocycles. The number of nitrogens with one attached hydrogen (secondary N) is 1. The average Bonchev–Trinajstić information content (AvgIpc) is 2.41. The van der Waals surface area contributed by atoms with E-state index in [9.17, 15) is 18.0 Å². The number of alkyl halides is 3. The van der Waals surface area contributed by atoms with Crippen LogP contribution in [-0.4, -0.2) is 37.2 Å². The Balaban J connectivity index is 2.19. The zero-order valence-corrected chi connectivity index (χ0v) is 12.3. The molecular formula is C14H25F3N2O. The van der Waals surface area contributed by atoms with Gasteiger partial charge in [-0.2, -0.15) is 13.2 Å². The summed E-state index contributed by atoms with van der Waals surface area (Å²) in [5, 5.41) is 2.74. The molecule has 2 amide bonds. The zero-order chi connectivity index (χ0) is 15.2. The van der Waals surface area contributed by atoms with E-state index in [1.807, 2.05) is 0 Å². The van der Waals surface area contributed by atoms with Crippen LogP contribution < -0.4 is 5.32 Å². The average molecular weight is 294 g/mol. The fraction of sp³-hybridized carbons (Fsp3) is 0.929. The Hall–Kier alpha value is -0.940. The minimum Gasteiger partial charge on any atom is -0.338 e. The first kappa shape index (κ1) is 17.1. The molecule has 6 heteroatoms. The molecule has 1 N–H and O–H groups in total. The first-order valence-electron chi connectivity index (χ1n) is 7.37. The van der Waals surface area contributed by atoms with Crippen molar-refractivity contribution in [2.45, 2.75) is 51.6 Å². The summed E-state index contributed by atoms with van der Waals surface area (Å²) in [6.07, 6.45) is 0.628. The van der Waals surface area contributed by atoms with Gasteiger partial charge in [0.1, 0.15) is 0 Å². The maximum absolute atomic E-state index is 12.1. The van der Waals surface area contributed by atoms with Gasteiger partial charge in [-0.1, -0.05) is 26.2 Å². The van der Waals surface area contributed by atoms with Gasteiger partial charge in [0.2, 0.25) is 0 Å². The van der Waals surface area contributed by atoms with E-state index in [1.165, 1.54) is 26.3 Å². The van der Waals surface area contributed by atoms with Crippen molar-refractivity contribution in [3.63, 3.8) is 0 Å². The Labute approximate surface area is 118 Å². The van der Waals surface area contributed by atoms with Crippen LogP contribution in [0, 0.1) is 11.8 Å². The highest BCUT2D eigenvalue weighted by atomic mass is 19.4. The van der Waals surface area contributed by atoms with E-state index in [4.69, 9.17) is 0 Å². The van der Waals surface area contributed by atoms with Gasteiger partial charge in [-0.3, -0.25) is 0 Å². The van der Waals surface area contributed by atoms with Crippen molar-refractivity contribution in [3.8, 4) is 0 Å². The smallest absolute Gasteiger partial charge is 0.338 e. The first-order valence-corrected chi connectivity index (χ1v) is 7.37. The number of amides is 2. The number of nitrogens with zero attached hydrogens (tertiary/aromatic N) is 1. The van der Waals surface area contributed by atoms with Crippen LogP contribution in [0.25, 0.3) is 0 Å². The number of urea groups is 1. The number of carbonyl (C=O) groups is 1. The molecule has 0 aromatic rings. The molecule has 0 radical (unpaired) electrons. The van der Waals surface area contributed by atoms with E-state index < -0.39 is 18.6 Å². The van der Waals surface area contributed by atoms with Crippen LogP contribution in [0.15, 0.2) is 0 Å². The van der Waals surface area contributed by atoms with Crippen molar-refractivity contribution < 1.29 is 18.0 Å². The second kappa shape index (κ2) is 7.74. The van der Waals surface area contributed by atoms with Crippen LogP contribution in [0.4, 0.5) is 18.0 Å². The number of rotatable bonds is 5. The molecule has 1 aliphatic carbocycles. The number of halogens is 3. The van der Waals surface area contributed by atoms with E-state index in [0.717, 1.165) is 23.7 Å². The lowest BCUT2D eigenvalue weighted by molar-refractivity contribution is -0.136. The van der Waals surface area contributed by atoms with Crippen molar-refractivity contribution in [1.29, 1.82) is 0 Å². The van der Waals surface area contributed by atoms with Crippen molar-refractivity contribution in [1.82, 2.24) is 10.2 Å². The predicted octanol–water partition coefficient (Wildman–Crippen LogP) is 3.80. The lowest BCUT2D eigenvalue weighted by Gasteiger charge is -2.28. The van der Waals surface area contributed by atoms with Crippen LogP contribution in [0.5, 0.6) is 0 Å². The van der Waals surface area contributed by atoms with Crippen molar-refractivity contribution >= 4 is 6.03 Å². The largest absolute Gasteiger partial charge is 0.390 e. The van der Waals surface area contributed by atoms with Gasteiger partial charge in [-0.15, -0.1) is 0 Å². The highest BCUT2D eigenvalue weighted by molar-refractivity contribution is 5.73. The summed E-state index contributed by atoms with van der Waals surface area (Å²) < 4.78 is 36.2. The summed E-state index contributed by atoms with van der Waals surface area (Å²) >= 11 is 0. The third-order valence-corrected chi connectivity index (χ3v) is 4.16. The number of hydrogen-bond acceptors (Lipinski definition) is 1. The van der Waals surface area contributed by atoms with Crippen LogP contribution in [0.2, 0.25) is 0 Å². The Morgan fingerprint density at radius 2 is 1.75 bits per heavy atom. The van der Waals surface area contributed by atoms with Crippen LogP contribution in [-0.2, 0) is 0 Å². The summed E-state index contributed by atoms with van der Waals surface area (Å²) in [4.78, 5) is 12.8. The monoisotopic (exact) mass is 294 g/mol. The SMILES string of the molecule is CCC1CCC(CNC(=O)N(C)CCC(F)(F)F)CC1. The maximum atomic E-state index is 12.1. The van der Waals surface area contributed by atoms with Crippen LogP contribution >= 0.6 is 0 Å². The predicted molar refractivity (Wildman–Crippen MR) is 72.4 cm³/mol. The van der Waals surface area contributed by atoms with E-state index in [0.29, 0.717) is 12.5 Å². The summed E-state index contributed by atoms with van der Waals surface area (Å²) in [5.74, 6) is 1.27. The highest BCUT2D eigenvalue weighted by Crippen LogP contribution is 2.30. The lowest BCUT2D eigenvalue weighted by Crippen LogP contribution is -2.41. The standard InChI is InChI=1S/C14H25F3N2O/c1-3-11-4-6-12(7-5-11)10-18-13(20)19(2)9-8-14(15,16)17/h11-12H,3-10H2,1-2H3,(H,18,20). The van der Waals surface area contributed by atoms with E-state index >= 15 is 0 Å². The zero-order valence-electron chi connectivity index (χ0n) is 12.3. The molecule has 0 aliphatic heterocycles. The fourth-order valence-corrected chi connectivity index (χ4v) is 2.61. The topological polar surface area (TPSA) is 32.3 Å². The van der Waals surface area contributed by atoms with Crippen LogP contribution in [0.3, 0.4) is 0 Å². The van der Waals surface area contributed by atoms with Gasteiger partial charge < -0.3 is 10.2 Å². The molecule has 0 spiro atoms. The van der Waals surface area contributed by atoms with Crippen molar-refractivity contribution in [2.24, 2.45) is 11.8 Å². The summed E-state index contributed by atoms with van der Waals surface area (Å²) in [5.41, 5.74) is 0. The van der Waals surface area contributed by atoms with Gasteiger partial charge in [0.25, 0.3) is 0 Å². The molecule has 0 atom stereocenters. The lowest BCUT2D eigenvalue weighted by atomic mass is 9.81. The summed E-state index contributed by atoms with van der Waals surface area (Å²) in [6, 6.07) is -0.410. The quantitative estimate of drug-likeness (QED) is 0.822.